The van der Waals surface area contributed by atoms with Crippen molar-refractivity contribution < 1.29 is 24.1 Å². The summed E-state index contributed by atoms with van der Waals surface area (Å²) < 4.78 is 7.12. The van der Waals surface area contributed by atoms with Crippen LogP contribution in [0.5, 0.6) is 5.75 Å². The fourth-order valence-corrected chi connectivity index (χ4v) is 2.77. The van der Waals surface area contributed by atoms with E-state index >= 15 is 0 Å². The van der Waals surface area contributed by atoms with Crippen LogP contribution < -0.4 is 10.2 Å². The molecule has 6 heteroatoms. The molecule has 0 spiro atoms. The highest BCUT2D eigenvalue weighted by Crippen LogP contribution is 2.21. The number of amides is 1. The second-order valence-electron chi connectivity index (χ2n) is 5.63. The first kappa shape index (κ1) is 16.7. The molecule has 128 valence electrons. The second kappa shape index (κ2) is 7.17. The van der Waals surface area contributed by atoms with Crippen LogP contribution in [0, 0.1) is 0 Å². The maximum atomic E-state index is 11.9. The van der Waals surface area contributed by atoms with Gasteiger partial charge in [0.25, 0.3) is 5.91 Å². The summed E-state index contributed by atoms with van der Waals surface area (Å²) in [6.45, 7) is 2.52. The summed E-state index contributed by atoms with van der Waals surface area (Å²) in [5, 5.41) is 9.20. The lowest BCUT2D eigenvalue weighted by Gasteiger charge is -2.15. The van der Waals surface area contributed by atoms with Crippen LogP contribution in [0.3, 0.4) is 0 Å². The molecule has 1 heterocycles. The van der Waals surface area contributed by atoms with Gasteiger partial charge in [0.1, 0.15) is 5.75 Å². The van der Waals surface area contributed by atoms with E-state index < -0.39 is 5.97 Å². The third-order valence-electron chi connectivity index (χ3n) is 3.95. The standard InChI is InChI=1S/C19H18N2O4/c1-2-25-16-8-6-13(7-9-16)17-10-11-18(22)20-21(17)15-5-3-4-14(12-15)19(23)24/h3-9,12H,2,10-11H2,1H3,(H-,20,22,23,24)/p+1. The summed E-state index contributed by atoms with van der Waals surface area (Å²) in [6, 6.07) is 14.1. The van der Waals surface area contributed by atoms with E-state index in [1.807, 2.05) is 31.2 Å². The number of carboxylic acids is 1. The number of carboxylic acid groups (broad SMARTS) is 1. The van der Waals surface area contributed by atoms with E-state index in [9.17, 15) is 14.7 Å². The van der Waals surface area contributed by atoms with Gasteiger partial charge in [-0.05, 0) is 37.3 Å². The van der Waals surface area contributed by atoms with Gasteiger partial charge in [0, 0.05) is 30.5 Å². The molecule has 25 heavy (non-hydrogen) atoms. The van der Waals surface area contributed by atoms with Gasteiger partial charge < -0.3 is 9.84 Å². The number of hydrazine groups is 1. The number of hydrogen-bond acceptors (Lipinski definition) is 3. The molecule has 6 nitrogen and oxygen atoms in total. The molecule has 1 aliphatic rings. The molecular weight excluding hydrogens is 320 g/mol. The summed E-state index contributed by atoms with van der Waals surface area (Å²) >= 11 is 0. The summed E-state index contributed by atoms with van der Waals surface area (Å²) in [6.07, 6.45) is 0.953. The minimum Gasteiger partial charge on any atom is -0.494 e. The normalized spacial score (nSPS) is 14.2. The molecule has 0 aromatic heterocycles. The Labute approximate surface area is 145 Å². The minimum absolute atomic E-state index is 0.101. The molecule has 0 atom stereocenters. The van der Waals surface area contributed by atoms with Crippen LogP contribution in [0.25, 0.3) is 0 Å². The van der Waals surface area contributed by atoms with Crippen molar-refractivity contribution >= 4 is 23.3 Å². The molecular formula is C19H19N2O4+. The van der Waals surface area contributed by atoms with Gasteiger partial charge in [0.05, 0.1) is 12.2 Å². The molecule has 2 N–H and O–H groups in total. The van der Waals surface area contributed by atoms with Crippen LogP contribution in [0.1, 0.15) is 35.7 Å². The summed E-state index contributed by atoms with van der Waals surface area (Å²) in [5.74, 6) is -0.325. The van der Waals surface area contributed by atoms with Crippen LogP contribution in [0.4, 0.5) is 5.69 Å². The predicted octanol–water partition coefficient (Wildman–Crippen LogP) is 2.74. The maximum absolute atomic E-state index is 11.9. The predicted molar refractivity (Wildman–Crippen MR) is 92.4 cm³/mol. The maximum Gasteiger partial charge on any atom is 0.335 e. The van der Waals surface area contributed by atoms with Gasteiger partial charge in [-0.25, -0.2) is 4.79 Å². The van der Waals surface area contributed by atoms with E-state index in [0.717, 1.165) is 17.0 Å². The van der Waals surface area contributed by atoms with Crippen molar-refractivity contribution in [1.82, 2.24) is 5.43 Å². The Morgan fingerprint density at radius 1 is 1.20 bits per heavy atom. The fraction of sp³-hybridized carbons (Fsp3) is 0.211. The zero-order valence-corrected chi connectivity index (χ0v) is 13.9. The number of benzene rings is 2. The largest absolute Gasteiger partial charge is 0.494 e. The van der Waals surface area contributed by atoms with Gasteiger partial charge >= 0.3 is 5.97 Å². The Hall–Kier alpha value is -3.15. The Morgan fingerprint density at radius 3 is 2.64 bits per heavy atom. The Kier molecular flexibility index (Phi) is 4.79. The molecule has 2 aromatic rings. The van der Waals surface area contributed by atoms with Crippen molar-refractivity contribution in [2.24, 2.45) is 0 Å². The number of hydrogen-bond donors (Lipinski definition) is 2. The van der Waals surface area contributed by atoms with Crippen LogP contribution in [0.15, 0.2) is 48.5 Å². The molecule has 0 fully saturated rings. The molecule has 0 saturated carbocycles. The van der Waals surface area contributed by atoms with E-state index in [1.54, 1.807) is 22.9 Å². The van der Waals surface area contributed by atoms with Crippen LogP contribution in [0.2, 0.25) is 0 Å². The van der Waals surface area contributed by atoms with E-state index in [-0.39, 0.29) is 11.5 Å². The summed E-state index contributed by atoms with van der Waals surface area (Å²) in [5.41, 5.74) is 5.45. The second-order valence-corrected chi connectivity index (χ2v) is 5.63. The highest BCUT2D eigenvalue weighted by atomic mass is 16.5. The fourth-order valence-electron chi connectivity index (χ4n) is 2.77. The summed E-state index contributed by atoms with van der Waals surface area (Å²) in [4.78, 5) is 23.1. The Balaban J connectivity index is 2.06. The van der Waals surface area contributed by atoms with Gasteiger partial charge in [0.15, 0.2) is 0 Å². The zero-order chi connectivity index (χ0) is 17.8. The van der Waals surface area contributed by atoms with Crippen LogP contribution in [-0.2, 0) is 4.79 Å². The first-order valence-corrected chi connectivity index (χ1v) is 8.10. The molecule has 0 unspecified atom stereocenters. The average molecular weight is 339 g/mol. The van der Waals surface area contributed by atoms with Gasteiger partial charge in [-0.3, -0.25) is 4.79 Å². The molecule has 0 bridgehead atoms. The number of nitrogens with zero attached hydrogens (tertiary/aromatic N) is 1. The van der Waals surface area contributed by atoms with Gasteiger partial charge in [0.2, 0.25) is 11.4 Å². The average Bonchev–Trinajstić information content (AvgIpc) is 2.63. The first-order chi connectivity index (χ1) is 12.1. The summed E-state index contributed by atoms with van der Waals surface area (Å²) in [7, 11) is 0. The zero-order valence-electron chi connectivity index (χ0n) is 13.9. The monoisotopic (exact) mass is 339 g/mol. The third kappa shape index (κ3) is 3.68. The Morgan fingerprint density at radius 2 is 1.96 bits per heavy atom. The number of aromatic carboxylic acids is 1. The smallest absolute Gasteiger partial charge is 0.335 e. The van der Waals surface area contributed by atoms with Crippen LogP contribution in [-0.4, -0.2) is 34.0 Å². The molecule has 1 aliphatic heterocycles. The number of ether oxygens (including phenoxy) is 1. The molecule has 1 amide bonds. The van der Waals surface area contributed by atoms with Crippen molar-refractivity contribution in [1.29, 1.82) is 0 Å². The highest BCUT2D eigenvalue weighted by molar-refractivity contribution is 6.01. The lowest BCUT2D eigenvalue weighted by molar-refractivity contribution is -0.496. The van der Waals surface area contributed by atoms with Gasteiger partial charge in [-0.1, -0.05) is 10.8 Å². The topological polar surface area (TPSA) is 78.6 Å². The van der Waals surface area contributed by atoms with Crippen molar-refractivity contribution in [2.45, 2.75) is 19.8 Å². The van der Waals surface area contributed by atoms with Gasteiger partial charge in [-0.15, -0.1) is 5.43 Å². The number of carbonyl (C=O) groups is 2. The molecule has 0 saturated heterocycles. The van der Waals surface area contributed by atoms with Crippen molar-refractivity contribution in [3.63, 3.8) is 0 Å². The molecule has 0 radical (unpaired) electrons. The van der Waals surface area contributed by atoms with E-state index in [4.69, 9.17) is 4.74 Å². The van der Waals surface area contributed by atoms with Crippen LogP contribution >= 0.6 is 0 Å². The van der Waals surface area contributed by atoms with E-state index in [1.165, 1.54) is 6.07 Å². The number of hydrazone groups is 1. The number of carbonyl (C=O) groups excluding carboxylic acids is 1. The number of nitrogens with one attached hydrogen (secondary N) is 1. The quantitative estimate of drug-likeness (QED) is 0.821. The van der Waals surface area contributed by atoms with E-state index in [2.05, 4.69) is 5.43 Å². The Bertz CT molecular complexity index is 841. The molecule has 2 aromatic carbocycles. The van der Waals surface area contributed by atoms with Crippen molar-refractivity contribution in [3.05, 3.63) is 59.7 Å². The SMILES string of the molecule is CCOc1ccc(C2=[N+](c3cccc(C(=O)O)c3)NC(=O)CC2)cc1. The molecule has 3 rings (SSSR count). The van der Waals surface area contributed by atoms with E-state index in [0.29, 0.717) is 25.1 Å². The minimum atomic E-state index is -1.01. The first-order valence-electron chi connectivity index (χ1n) is 8.10. The van der Waals surface area contributed by atoms with Crippen molar-refractivity contribution in [2.75, 3.05) is 6.61 Å². The van der Waals surface area contributed by atoms with Gasteiger partial charge in [-0.2, -0.15) is 0 Å². The third-order valence-corrected chi connectivity index (χ3v) is 3.95. The lowest BCUT2D eigenvalue weighted by atomic mass is 10.0. The lowest BCUT2D eigenvalue weighted by Crippen LogP contribution is -2.40. The molecule has 0 aliphatic carbocycles. The number of rotatable bonds is 5. The highest BCUT2D eigenvalue weighted by Gasteiger charge is 2.29. The van der Waals surface area contributed by atoms with Crippen molar-refractivity contribution in [3.8, 4) is 5.75 Å².